The van der Waals surface area contributed by atoms with Gasteiger partial charge >= 0.3 is 12.2 Å². The van der Waals surface area contributed by atoms with Crippen LogP contribution >= 0.6 is 6.89 Å². The lowest BCUT2D eigenvalue weighted by atomic mass is 10.1. The summed E-state index contributed by atoms with van der Waals surface area (Å²) in [6.45, 7) is 3.90. The highest BCUT2D eigenvalue weighted by molar-refractivity contribution is 7.97. The van der Waals surface area contributed by atoms with Crippen molar-refractivity contribution < 1.29 is 28.7 Å². The van der Waals surface area contributed by atoms with Crippen LogP contribution in [-0.2, 0) is 25.7 Å². The summed E-state index contributed by atoms with van der Waals surface area (Å²) in [4.78, 5) is 53.4. The minimum atomic E-state index is -3.03. The Balaban J connectivity index is 1.64. The van der Waals surface area contributed by atoms with E-state index < -0.39 is 48.4 Å². The first-order valence-corrected chi connectivity index (χ1v) is 18.9. The molecule has 4 rings (SSSR count). The molecule has 0 bridgehead atoms. The minimum Gasteiger partial charge on any atom is -0.445 e. The van der Waals surface area contributed by atoms with Crippen LogP contribution in [0.25, 0.3) is 0 Å². The summed E-state index contributed by atoms with van der Waals surface area (Å²) >= 11 is 0. The highest BCUT2D eigenvalue weighted by atomic mass is 31.2. The molecule has 0 saturated heterocycles. The molecule has 0 unspecified atom stereocenters. The number of nitrogens with zero attached hydrogens (tertiary/aromatic N) is 1. The predicted molar refractivity (Wildman–Crippen MR) is 205 cm³/mol. The Kier molecular flexibility index (Phi) is 14.0. The molecule has 0 heterocycles. The fourth-order valence-electron chi connectivity index (χ4n) is 5.66. The van der Waals surface area contributed by atoms with Crippen LogP contribution in [0.15, 0.2) is 121 Å². The van der Waals surface area contributed by atoms with Gasteiger partial charge in [0.15, 0.2) is 5.78 Å². The Bertz CT molecular complexity index is 1800. The number of alkyl carbamates (subject to hydrolysis) is 2. The molecule has 10 nitrogen and oxygen atoms in total. The molecule has 0 radical (unpaired) electrons. The number of benzene rings is 4. The number of hydrogen-bond donors (Lipinski definition) is 3. The molecule has 0 saturated carbocycles. The Morgan fingerprint density at radius 1 is 0.731 bits per heavy atom. The number of carbonyl (C=O) groups is 4. The molecule has 4 aromatic rings. The summed E-state index contributed by atoms with van der Waals surface area (Å²) in [6, 6.07) is 37.6. The smallest absolute Gasteiger partial charge is 0.408 e. The summed E-state index contributed by atoms with van der Waals surface area (Å²) in [7, 11) is 0. The van der Waals surface area contributed by atoms with Gasteiger partial charge in [0, 0.05) is 6.54 Å². The van der Waals surface area contributed by atoms with Crippen LogP contribution < -0.4 is 31.9 Å². The standard InChI is InChI=1S/C41H45N4O6P/c1-30(37(46)36(28-42)52(32-20-11-6-12-21-32,33-22-13-7-14-23-33)34-24-15-8-16-25-34)44-38(47)35(26-17-27-43-39(48)51-41(2,3)4)45-40(49)50-29-31-18-9-5-10-19-31/h5-16,18-25,30,35H,17,26-27,29H2,1-4H3,(H,43,48)(H,44,47)(H,45,49)/t30-,35-/m0/s1. The van der Waals surface area contributed by atoms with E-state index >= 15 is 0 Å². The quantitative estimate of drug-likeness (QED) is 0.118. The summed E-state index contributed by atoms with van der Waals surface area (Å²) < 4.78 is 10.7. The van der Waals surface area contributed by atoms with E-state index in [2.05, 4.69) is 22.0 Å². The number of rotatable bonds is 14. The van der Waals surface area contributed by atoms with Crippen molar-refractivity contribution in [2.75, 3.05) is 6.54 Å². The van der Waals surface area contributed by atoms with Crippen LogP contribution in [0.5, 0.6) is 0 Å². The Hall–Kier alpha value is -5.65. The van der Waals surface area contributed by atoms with Crippen molar-refractivity contribution in [3.8, 4) is 6.07 Å². The molecule has 3 amide bonds. The number of carbonyl (C=O) groups excluding carboxylic acids is 4. The highest BCUT2D eigenvalue weighted by Gasteiger charge is 2.36. The highest BCUT2D eigenvalue weighted by Crippen LogP contribution is 2.46. The zero-order valence-corrected chi connectivity index (χ0v) is 30.8. The van der Waals surface area contributed by atoms with E-state index in [0.29, 0.717) is 6.42 Å². The van der Waals surface area contributed by atoms with Crippen LogP contribution in [0.2, 0.25) is 0 Å². The van der Waals surface area contributed by atoms with Crippen molar-refractivity contribution in [1.82, 2.24) is 16.0 Å². The van der Waals surface area contributed by atoms with E-state index in [9.17, 15) is 24.4 Å². The lowest BCUT2D eigenvalue weighted by Gasteiger charge is -2.31. The van der Waals surface area contributed by atoms with E-state index in [1.807, 2.05) is 109 Å². The summed E-state index contributed by atoms with van der Waals surface area (Å²) in [6.07, 6.45) is -1.04. The Labute approximate surface area is 305 Å². The molecule has 11 heteroatoms. The molecule has 0 aliphatic heterocycles. The van der Waals surface area contributed by atoms with Crippen molar-refractivity contribution in [1.29, 1.82) is 5.26 Å². The Morgan fingerprint density at radius 3 is 1.67 bits per heavy atom. The predicted octanol–water partition coefficient (Wildman–Crippen LogP) is 5.35. The zero-order valence-electron chi connectivity index (χ0n) is 29.9. The van der Waals surface area contributed by atoms with Gasteiger partial charge in [0.05, 0.1) is 6.04 Å². The molecule has 270 valence electrons. The second-order valence-electron chi connectivity index (χ2n) is 13.1. The van der Waals surface area contributed by atoms with Gasteiger partial charge in [-0.15, -0.1) is 0 Å². The normalized spacial score (nSPS) is 12.3. The van der Waals surface area contributed by atoms with Gasteiger partial charge < -0.3 is 25.4 Å². The summed E-state index contributed by atoms with van der Waals surface area (Å²) in [5.74, 6) is -1.19. The van der Waals surface area contributed by atoms with Crippen LogP contribution in [0.1, 0.15) is 46.1 Å². The molecule has 0 aliphatic carbocycles. The maximum atomic E-state index is 14.5. The third-order valence-electron chi connectivity index (χ3n) is 8.02. The molecular weight excluding hydrogens is 675 g/mol. The van der Waals surface area contributed by atoms with Gasteiger partial charge in [0.25, 0.3) is 0 Å². The molecule has 0 spiro atoms. The van der Waals surface area contributed by atoms with Crippen molar-refractivity contribution in [2.24, 2.45) is 0 Å². The van der Waals surface area contributed by atoms with Gasteiger partial charge in [0.1, 0.15) is 29.6 Å². The van der Waals surface area contributed by atoms with E-state index in [0.717, 1.165) is 21.5 Å². The fraction of sp³-hybridized carbons (Fsp3) is 0.268. The van der Waals surface area contributed by atoms with E-state index in [-0.39, 0.29) is 24.9 Å². The van der Waals surface area contributed by atoms with E-state index in [1.54, 1.807) is 32.9 Å². The largest absolute Gasteiger partial charge is 0.445 e. The van der Waals surface area contributed by atoms with Crippen LogP contribution in [0.3, 0.4) is 0 Å². The van der Waals surface area contributed by atoms with Gasteiger partial charge in [0.2, 0.25) is 5.91 Å². The first-order valence-electron chi connectivity index (χ1n) is 17.1. The lowest BCUT2D eigenvalue weighted by molar-refractivity contribution is -0.126. The molecule has 0 fully saturated rings. The van der Waals surface area contributed by atoms with Crippen molar-refractivity contribution in [3.63, 3.8) is 0 Å². The van der Waals surface area contributed by atoms with E-state index in [4.69, 9.17) is 9.47 Å². The van der Waals surface area contributed by atoms with E-state index in [1.165, 1.54) is 6.92 Å². The second-order valence-corrected chi connectivity index (χ2v) is 16.4. The number of nitrogens with one attached hydrogen (secondary N) is 3. The number of nitriles is 1. The number of hydrogen-bond acceptors (Lipinski definition) is 7. The van der Waals surface area contributed by atoms with Gasteiger partial charge in [-0.25, -0.2) is 9.59 Å². The monoisotopic (exact) mass is 720 g/mol. The average Bonchev–Trinajstić information content (AvgIpc) is 3.14. The summed E-state index contributed by atoms with van der Waals surface area (Å²) in [5.41, 5.74) is 0.0843. The maximum absolute atomic E-state index is 14.5. The second kappa shape index (κ2) is 18.5. The topological polar surface area (TPSA) is 147 Å². The molecule has 0 aromatic heterocycles. The zero-order chi connectivity index (χ0) is 37.6. The number of ketones is 1. The van der Waals surface area contributed by atoms with Gasteiger partial charge in [-0.2, -0.15) is 5.26 Å². The van der Waals surface area contributed by atoms with Crippen LogP contribution in [0.4, 0.5) is 9.59 Å². The molecule has 52 heavy (non-hydrogen) atoms. The fourth-order valence-corrected chi connectivity index (χ4v) is 9.86. The third-order valence-corrected chi connectivity index (χ3v) is 12.2. The SMILES string of the molecule is C[C@H](NC(=O)[C@H](CCCNC(=O)OC(C)(C)C)NC(=O)OCc1ccccc1)C(=O)C(C#N)=P(c1ccccc1)(c1ccccc1)c1ccccc1. The molecule has 3 N–H and O–H groups in total. The van der Waals surface area contributed by atoms with Crippen molar-refractivity contribution in [3.05, 3.63) is 127 Å². The third kappa shape index (κ3) is 10.4. The first-order chi connectivity index (χ1) is 25.0. The average molecular weight is 721 g/mol. The van der Waals surface area contributed by atoms with Crippen LogP contribution in [-0.4, -0.2) is 53.4 Å². The first kappa shape index (κ1) is 39.1. The number of amides is 3. The molecular formula is C41H45N4O6P. The van der Waals surface area contributed by atoms with Gasteiger partial charge in [-0.1, -0.05) is 121 Å². The van der Waals surface area contributed by atoms with Crippen LogP contribution in [0, 0.1) is 11.3 Å². The van der Waals surface area contributed by atoms with Gasteiger partial charge in [-0.3, -0.25) is 9.59 Å². The minimum absolute atomic E-state index is 0.0131. The molecule has 2 atom stereocenters. The lowest BCUT2D eigenvalue weighted by Crippen LogP contribution is -2.52. The molecule has 0 aliphatic rings. The van der Waals surface area contributed by atoms with Gasteiger partial charge in [-0.05, 0) is 68.9 Å². The number of ether oxygens (including phenoxy) is 2. The van der Waals surface area contributed by atoms with Crippen molar-refractivity contribution in [2.45, 2.75) is 64.8 Å². The Morgan fingerprint density at radius 2 is 1.21 bits per heavy atom. The van der Waals surface area contributed by atoms with Crippen molar-refractivity contribution >= 4 is 52.0 Å². The number of Topliss-reactive ketones (excluding diaryl/α,β-unsaturated/α-hetero) is 1. The molecule has 4 aromatic carbocycles. The maximum Gasteiger partial charge on any atom is 0.408 e. The summed E-state index contributed by atoms with van der Waals surface area (Å²) in [5, 5.41) is 21.3.